The summed E-state index contributed by atoms with van der Waals surface area (Å²) in [6.07, 6.45) is 1.14. The van der Waals surface area contributed by atoms with E-state index in [0.717, 1.165) is 37.2 Å². The molecule has 1 aliphatic heterocycles. The first kappa shape index (κ1) is 15.5. The molecule has 1 aliphatic rings. The van der Waals surface area contributed by atoms with Crippen LogP contribution in [0.15, 0.2) is 12.1 Å². The fourth-order valence-electron chi connectivity index (χ4n) is 3.16. The first-order valence-electron chi connectivity index (χ1n) is 7.57. The van der Waals surface area contributed by atoms with Crippen LogP contribution in [0.3, 0.4) is 0 Å². The van der Waals surface area contributed by atoms with E-state index in [2.05, 4.69) is 31.0 Å². The molecule has 1 saturated heterocycles. The van der Waals surface area contributed by atoms with Gasteiger partial charge in [-0.3, -0.25) is 4.90 Å². The first-order chi connectivity index (χ1) is 9.32. The zero-order chi connectivity index (χ0) is 14.9. The highest BCUT2D eigenvalue weighted by Gasteiger charge is 2.31. The van der Waals surface area contributed by atoms with Crippen LogP contribution in [0.5, 0.6) is 0 Å². The summed E-state index contributed by atoms with van der Waals surface area (Å²) in [6, 6.07) is 4.54. The highest BCUT2D eigenvalue weighted by atomic mass is 19.1. The van der Waals surface area contributed by atoms with Crippen molar-refractivity contribution in [3.63, 3.8) is 0 Å². The Morgan fingerprint density at radius 3 is 2.45 bits per heavy atom. The Hall–Kier alpha value is -0.930. The molecular weight excluding hydrogens is 251 g/mol. The minimum absolute atomic E-state index is 0.0681. The molecule has 20 heavy (non-hydrogen) atoms. The molecule has 0 spiro atoms. The first-order valence-corrected chi connectivity index (χ1v) is 7.57. The van der Waals surface area contributed by atoms with E-state index < -0.39 is 0 Å². The molecule has 1 N–H and O–H groups in total. The second-order valence-electron chi connectivity index (χ2n) is 6.78. The lowest BCUT2D eigenvalue weighted by Gasteiger charge is -2.44. The average molecular weight is 278 g/mol. The molecule has 1 atom stereocenters. The quantitative estimate of drug-likeness (QED) is 0.911. The summed E-state index contributed by atoms with van der Waals surface area (Å²) in [4.78, 5) is 2.53. The van der Waals surface area contributed by atoms with Crippen molar-refractivity contribution in [1.82, 2.24) is 10.2 Å². The molecule has 2 rings (SSSR count). The normalized spacial score (nSPS) is 23.0. The van der Waals surface area contributed by atoms with E-state index in [9.17, 15) is 4.39 Å². The Morgan fingerprint density at radius 2 is 1.90 bits per heavy atom. The third-order valence-electron chi connectivity index (χ3n) is 4.28. The van der Waals surface area contributed by atoms with Crippen LogP contribution in [0.4, 0.5) is 4.39 Å². The molecule has 112 valence electrons. The predicted octanol–water partition coefficient (Wildman–Crippen LogP) is 3.40. The van der Waals surface area contributed by atoms with Gasteiger partial charge in [0.25, 0.3) is 0 Å². The maximum atomic E-state index is 13.7. The van der Waals surface area contributed by atoms with E-state index in [0.29, 0.717) is 6.04 Å². The van der Waals surface area contributed by atoms with Gasteiger partial charge in [-0.05, 0) is 50.8 Å². The molecule has 0 saturated carbocycles. The molecular formula is C17H27FN2. The van der Waals surface area contributed by atoms with Gasteiger partial charge in [0.1, 0.15) is 5.82 Å². The van der Waals surface area contributed by atoms with Gasteiger partial charge in [0.05, 0.1) is 0 Å². The van der Waals surface area contributed by atoms with Crippen molar-refractivity contribution in [3.8, 4) is 0 Å². The summed E-state index contributed by atoms with van der Waals surface area (Å²) in [6.45, 7) is 13.4. The minimum atomic E-state index is -0.0681. The van der Waals surface area contributed by atoms with Crippen LogP contribution in [-0.4, -0.2) is 29.6 Å². The van der Waals surface area contributed by atoms with Crippen molar-refractivity contribution in [2.24, 2.45) is 0 Å². The zero-order valence-electron chi connectivity index (χ0n) is 13.4. The van der Waals surface area contributed by atoms with Crippen LogP contribution < -0.4 is 5.32 Å². The van der Waals surface area contributed by atoms with Crippen molar-refractivity contribution >= 4 is 0 Å². The van der Waals surface area contributed by atoms with Crippen LogP contribution in [0.2, 0.25) is 0 Å². The van der Waals surface area contributed by atoms with E-state index >= 15 is 0 Å². The molecule has 0 amide bonds. The van der Waals surface area contributed by atoms with Gasteiger partial charge in [-0.1, -0.05) is 19.1 Å². The van der Waals surface area contributed by atoms with Gasteiger partial charge in [-0.25, -0.2) is 4.39 Å². The highest BCUT2D eigenvalue weighted by Crippen LogP contribution is 2.22. The smallest absolute Gasteiger partial charge is 0.129 e. The second kappa shape index (κ2) is 5.82. The fourth-order valence-corrected chi connectivity index (χ4v) is 3.16. The van der Waals surface area contributed by atoms with Gasteiger partial charge in [0, 0.05) is 31.2 Å². The van der Waals surface area contributed by atoms with Gasteiger partial charge < -0.3 is 5.32 Å². The Bertz CT molecular complexity index is 459. The fraction of sp³-hybridized carbons (Fsp3) is 0.647. The number of halogens is 1. The number of rotatable bonds is 3. The summed E-state index contributed by atoms with van der Waals surface area (Å²) in [7, 11) is 0. The molecule has 0 radical (unpaired) electrons. The molecule has 0 aromatic heterocycles. The van der Waals surface area contributed by atoms with Crippen molar-refractivity contribution in [3.05, 3.63) is 34.6 Å². The maximum absolute atomic E-state index is 13.7. The van der Waals surface area contributed by atoms with Crippen LogP contribution in [-0.2, 0) is 6.54 Å². The Kier molecular flexibility index (Phi) is 4.50. The summed E-state index contributed by atoms with van der Waals surface area (Å²) in [5.74, 6) is -0.0681. The van der Waals surface area contributed by atoms with Crippen molar-refractivity contribution in [2.45, 2.75) is 59.2 Å². The number of hydrogen-bond acceptors (Lipinski definition) is 2. The third-order valence-corrected chi connectivity index (χ3v) is 4.28. The molecule has 1 unspecified atom stereocenters. The summed E-state index contributed by atoms with van der Waals surface area (Å²) >= 11 is 0. The SMILES string of the molecule is CCC1CNC(C)(C)CN1Cc1cc(C)c(F)c(C)c1. The van der Waals surface area contributed by atoms with E-state index in [1.807, 2.05) is 26.0 Å². The number of aryl methyl sites for hydroxylation is 2. The lowest BCUT2D eigenvalue weighted by atomic mass is 9.96. The van der Waals surface area contributed by atoms with Crippen molar-refractivity contribution < 1.29 is 4.39 Å². The van der Waals surface area contributed by atoms with Crippen molar-refractivity contribution in [2.75, 3.05) is 13.1 Å². The van der Waals surface area contributed by atoms with Crippen LogP contribution in [0, 0.1) is 19.7 Å². The molecule has 1 heterocycles. The van der Waals surface area contributed by atoms with Gasteiger partial charge in [0.15, 0.2) is 0 Å². The maximum Gasteiger partial charge on any atom is 0.129 e. The Morgan fingerprint density at radius 1 is 1.30 bits per heavy atom. The molecule has 1 aromatic carbocycles. The summed E-state index contributed by atoms with van der Waals surface area (Å²) < 4.78 is 13.7. The van der Waals surface area contributed by atoms with Crippen LogP contribution in [0.1, 0.15) is 43.9 Å². The molecule has 0 bridgehead atoms. The monoisotopic (exact) mass is 278 g/mol. The molecule has 1 aromatic rings. The minimum Gasteiger partial charge on any atom is -0.309 e. The standard InChI is InChI=1S/C17H27FN2/c1-6-15-9-19-17(4,5)11-20(15)10-14-7-12(2)16(18)13(3)8-14/h7-8,15,19H,6,9-11H2,1-5H3. The van der Waals surface area contributed by atoms with Gasteiger partial charge in [-0.15, -0.1) is 0 Å². The molecule has 3 heteroatoms. The number of benzene rings is 1. The van der Waals surface area contributed by atoms with E-state index in [1.54, 1.807) is 0 Å². The average Bonchev–Trinajstić information content (AvgIpc) is 2.35. The highest BCUT2D eigenvalue weighted by molar-refractivity contribution is 5.30. The Balaban J connectivity index is 2.18. The van der Waals surface area contributed by atoms with Gasteiger partial charge in [-0.2, -0.15) is 0 Å². The van der Waals surface area contributed by atoms with E-state index in [-0.39, 0.29) is 11.4 Å². The summed E-state index contributed by atoms with van der Waals surface area (Å²) in [5, 5.41) is 3.61. The number of piperazine rings is 1. The van der Waals surface area contributed by atoms with Crippen LogP contribution >= 0.6 is 0 Å². The summed E-state index contributed by atoms with van der Waals surface area (Å²) in [5.41, 5.74) is 2.87. The molecule has 0 aliphatic carbocycles. The lowest BCUT2D eigenvalue weighted by Crippen LogP contribution is -2.60. The Labute approximate surface area is 122 Å². The zero-order valence-corrected chi connectivity index (χ0v) is 13.4. The third kappa shape index (κ3) is 3.39. The number of hydrogen-bond donors (Lipinski definition) is 1. The van der Waals surface area contributed by atoms with E-state index in [4.69, 9.17) is 0 Å². The molecule has 2 nitrogen and oxygen atoms in total. The topological polar surface area (TPSA) is 15.3 Å². The van der Waals surface area contributed by atoms with Gasteiger partial charge >= 0.3 is 0 Å². The van der Waals surface area contributed by atoms with Crippen molar-refractivity contribution in [1.29, 1.82) is 0 Å². The number of nitrogens with one attached hydrogen (secondary N) is 1. The number of nitrogens with zero attached hydrogens (tertiary/aromatic N) is 1. The van der Waals surface area contributed by atoms with Crippen LogP contribution in [0.25, 0.3) is 0 Å². The van der Waals surface area contributed by atoms with E-state index in [1.165, 1.54) is 5.56 Å². The largest absolute Gasteiger partial charge is 0.309 e. The van der Waals surface area contributed by atoms with Gasteiger partial charge in [0.2, 0.25) is 0 Å². The predicted molar refractivity (Wildman–Crippen MR) is 82.4 cm³/mol. The lowest BCUT2D eigenvalue weighted by molar-refractivity contribution is 0.0858. The second-order valence-corrected chi connectivity index (χ2v) is 6.78. The molecule has 1 fully saturated rings.